The van der Waals surface area contributed by atoms with Crippen LogP contribution in [0.2, 0.25) is 0 Å². The van der Waals surface area contributed by atoms with Gasteiger partial charge in [0.15, 0.2) is 0 Å². The molecule has 0 amide bonds. The SMILES string of the molecule is Cc1ccc(C2CC(c3ccc(Br)cc3)n3ncnc3N2)cc1. The maximum absolute atomic E-state index is 4.41. The van der Waals surface area contributed by atoms with Crippen molar-refractivity contribution in [2.24, 2.45) is 0 Å². The van der Waals surface area contributed by atoms with E-state index in [2.05, 4.69) is 86.8 Å². The Kier molecular flexibility index (Phi) is 3.65. The van der Waals surface area contributed by atoms with Crippen LogP contribution in [0.4, 0.5) is 5.95 Å². The second kappa shape index (κ2) is 5.81. The number of nitrogens with one attached hydrogen (secondary N) is 1. The van der Waals surface area contributed by atoms with Gasteiger partial charge in [-0.2, -0.15) is 10.1 Å². The molecule has 116 valence electrons. The minimum atomic E-state index is 0.188. The van der Waals surface area contributed by atoms with Crippen LogP contribution in [0.1, 0.15) is 35.2 Å². The fourth-order valence-corrected chi connectivity index (χ4v) is 3.36. The van der Waals surface area contributed by atoms with Gasteiger partial charge in [0.05, 0.1) is 12.1 Å². The fourth-order valence-electron chi connectivity index (χ4n) is 3.10. The van der Waals surface area contributed by atoms with E-state index >= 15 is 0 Å². The maximum atomic E-state index is 4.41. The van der Waals surface area contributed by atoms with Crippen LogP contribution < -0.4 is 5.32 Å². The molecule has 4 rings (SSSR count). The summed E-state index contributed by atoms with van der Waals surface area (Å²) in [6, 6.07) is 17.6. The van der Waals surface area contributed by atoms with E-state index in [4.69, 9.17) is 0 Å². The molecule has 0 bridgehead atoms. The topological polar surface area (TPSA) is 42.7 Å². The average molecular weight is 369 g/mol. The van der Waals surface area contributed by atoms with E-state index in [1.54, 1.807) is 6.33 Å². The summed E-state index contributed by atoms with van der Waals surface area (Å²) < 4.78 is 3.07. The Morgan fingerprint density at radius 3 is 2.48 bits per heavy atom. The van der Waals surface area contributed by atoms with E-state index < -0.39 is 0 Å². The molecule has 0 saturated heterocycles. The van der Waals surface area contributed by atoms with Gasteiger partial charge < -0.3 is 5.32 Å². The molecule has 2 aromatic carbocycles. The molecule has 0 aliphatic carbocycles. The van der Waals surface area contributed by atoms with Gasteiger partial charge in [-0.15, -0.1) is 0 Å². The molecule has 2 unspecified atom stereocenters. The van der Waals surface area contributed by atoms with Crippen LogP contribution in [-0.2, 0) is 0 Å². The highest BCUT2D eigenvalue weighted by molar-refractivity contribution is 9.10. The van der Waals surface area contributed by atoms with Crippen LogP contribution in [-0.4, -0.2) is 14.8 Å². The zero-order valence-corrected chi connectivity index (χ0v) is 14.4. The number of aryl methyl sites for hydroxylation is 1. The second-order valence-corrected chi connectivity index (χ2v) is 6.85. The van der Waals surface area contributed by atoms with Crippen molar-refractivity contribution < 1.29 is 0 Å². The zero-order valence-electron chi connectivity index (χ0n) is 12.8. The lowest BCUT2D eigenvalue weighted by Crippen LogP contribution is -2.28. The molecule has 2 heterocycles. The van der Waals surface area contributed by atoms with Crippen molar-refractivity contribution in [3.8, 4) is 0 Å². The molecule has 2 atom stereocenters. The molecule has 0 fully saturated rings. The Morgan fingerprint density at radius 2 is 1.74 bits per heavy atom. The van der Waals surface area contributed by atoms with Crippen molar-refractivity contribution in [2.75, 3.05) is 5.32 Å². The summed E-state index contributed by atoms with van der Waals surface area (Å²) in [5, 5.41) is 7.91. The summed E-state index contributed by atoms with van der Waals surface area (Å²) in [6.45, 7) is 2.11. The van der Waals surface area contributed by atoms with Gasteiger partial charge in [-0.3, -0.25) is 0 Å². The highest BCUT2D eigenvalue weighted by atomic mass is 79.9. The van der Waals surface area contributed by atoms with E-state index in [-0.39, 0.29) is 12.1 Å². The molecule has 1 aliphatic heterocycles. The number of fused-ring (bicyclic) bond motifs is 1. The first-order valence-corrected chi connectivity index (χ1v) is 8.48. The molecule has 0 radical (unpaired) electrons. The first-order valence-electron chi connectivity index (χ1n) is 7.69. The van der Waals surface area contributed by atoms with Gasteiger partial charge in [0.1, 0.15) is 6.33 Å². The predicted molar refractivity (Wildman–Crippen MR) is 94.5 cm³/mol. The molecular weight excluding hydrogens is 352 g/mol. The summed E-state index contributed by atoms with van der Waals surface area (Å²) in [5.74, 6) is 0.828. The predicted octanol–water partition coefficient (Wildman–Crippen LogP) is 4.50. The summed E-state index contributed by atoms with van der Waals surface area (Å²) in [5.41, 5.74) is 3.81. The lowest BCUT2D eigenvalue weighted by atomic mass is 9.93. The Labute approximate surface area is 143 Å². The van der Waals surface area contributed by atoms with Gasteiger partial charge in [-0.1, -0.05) is 57.9 Å². The Balaban J connectivity index is 1.71. The maximum Gasteiger partial charge on any atom is 0.222 e. The number of nitrogens with zero attached hydrogens (tertiary/aromatic N) is 3. The van der Waals surface area contributed by atoms with Gasteiger partial charge in [-0.05, 0) is 36.6 Å². The minimum absolute atomic E-state index is 0.188. The quantitative estimate of drug-likeness (QED) is 0.724. The number of rotatable bonds is 2. The standard InChI is InChI=1S/C18H17BrN4/c1-12-2-4-13(5-3-12)16-10-17(14-6-8-15(19)9-7-14)23-18(22-16)20-11-21-23/h2-9,11,16-17H,10H2,1H3,(H,20,21,22). The van der Waals surface area contributed by atoms with Gasteiger partial charge >= 0.3 is 0 Å². The summed E-state index contributed by atoms with van der Waals surface area (Å²) >= 11 is 3.50. The van der Waals surface area contributed by atoms with Crippen LogP contribution in [0, 0.1) is 6.92 Å². The molecule has 1 aliphatic rings. The zero-order chi connectivity index (χ0) is 15.8. The molecule has 3 aromatic rings. The van der Waals surface area contributed by atoms with Crippen molar-refractivity contribution in [2.45, 2.75) is 25.4 Å². The molecule has 0 saturated carbocycles. The first kappa shape index (κ1) is 14.5. The molecule has 4 nitrogen and oxygen atoms in total. The largest absolute Gasteiger partial charge is 0.348 e. The summed E-state index contributed by atoms with van der Waals surface area (Å²) in [6.07, 6.45) is 2.56. The van der Waals surface area contributed by atoms with Gasteiger partial charge in [-0.25, -0.2) is 4.68 Å². The minimum Gasteiger partial charge on any atom is -0.348 e. The Bertz CT molecular complexity index is 808. The number of hydrogen-bond acceptors (Lipinski definition) is 3. The highest BCUT2D eigenvalue weighted by Crippen LogP contribution is 2.37. The van der Waals surface area contributed by atoms with Crippen molar-refractivity contribution in [3.05, 3.63) is 76.0 Å². The van der Waals surface area contributed by atoms with Crippen LogP contribution in [0.3, 0.4) is 0 Å². The molecule has 23 heavy (non-hydrogen) atoms. The van der Waals surface area contributed by atoms with E-state index in [0.29, 0.717) is 0 Å². The molecule has 1 aromatic heterocycles. The average Bonchev–Trinajstić information content (AvgIpc) is 3.04. The summed E-state index contributed by atoms with van der Waals surface area (Å²) in [4.78, 5) is 4.37. The number of benzene rings is 2. The lowest BCUT2D eigenvalue weighted by Gasteiger charge is -2.32. The third kappa shape index (κ3) is 2.77. The van der Waals surface area contributed by atoms with Crippen molar-refractivity contribution in [1.82, 2.24) is 14.8 Å². The van der Waals surface area contributed by atoms with Gasteiger partial charge in [0, 0.05) is 4.47 Å². The van der Waals surface area contributed by atoms with Crippen LogP contribution in [0.5, 0.6) is 0 Å². The Morgan fingerprint density at radius 1 is 1.04 bits per heavy atom. The van der Waals surface area contributed by atoms with Crippen molar-refractivity contribution >= 4 is 21.9 Å². The van der Waals surface area contributed by atoms with Crippen molar-refractivity contribution in [3.63, 3.8) is 0 Å². The monoisotopic (exact) mass is 368 g/mol. The lowest BCUT2D eigenvalue weighted by molar-refractivity contribution is 0.431. The highest BCUT2D eigenvalue weighted by Gasteiger charge is 2.29. The van der Waals surface area contributed by atoms with E-state index in [1.165, 1.54) is 16.7 Å². The van der Waals surface area contributed by atoms with Crippen LogP contribution >= 0.6 is 15.9 Å². The number of anilines is 1. The second-order valence-electron chi connectivity index (χ2n) is 5.94. The molecular formula is C18H17BrN4. The van der Waals surface area contributed by atoms with E-state index in [0.717, 1.165) is 16.8 Å². The first-order chi connectivity index (χ1) is 11.2. The third-order valence-electron chi connectivity index (χ3n) is 4.37. The van der Waals surface area contributed by atoms with Gasteiger partial charge in [0.2, 0.25) is 5.95 Å². The molecule has 5 heteroatoms. The van der Waals surface area contributed by atoms with Gasteiger partial charge in [0.25, 0.3) is 0 Å². The van der Waals surface area contributed by atoms with Crippen molar-refractivity contribution in [1.29, 1.82) is 0 Å². The van der Waals surface area contributed by atoms with Crippen LogP contribution in [0.25, 0.3) is 0 Å². The molecule has 1 N–H and O–H groups in total. The number of halogens is 1. The Hall–Kier alpha value is -2.14. The normalized spacial score (nSPS) is 19.9. The third-order valence-corrected chi connectivity index (χ3v) is 4.89. The van der Waals surface area contributed by atoms with Crippen LogP contribution in [0.15, 0.2) is 59.3 Å². The number of aromatic nitrogens is 3. The van der Waals surface area contributed by atoms with E-state index in [9.17, 15) is 0 Å². The smallest absolute Gasteiger partial charge is 0.222 e. The fraction of sp³-hybridized carbons (Fsp3) is 0.222. The number of hydrogen-bond donors (Lipinski definition) is 1. The summed E-state index contributed by atoms with van der Waals surface area (Å²) in [7, 11) is 0. The van der Waals surface area contributed by atoms with E-state index in [1.807, 2.05) is 4.68 Å². The molecule has 0 spiro atoms.